The van der Waals surface area contributed by atoms with Crippen LogP contribution < -0.4 is 5.32 Å². The second kappa shape index (κ2) is 4.92. The molecule has 0 radical (unpaired) electrons. The molecule has 18 heavy (non-hydrogen) atoms. The van der Waals surface area contributed by atoms with Crippen molar-refractivity contribution >= 4 is 5.69 Å². The average Bonchev–Trinajstić information content (AvgIpc) is 2.73. The lowest BCUT2D eigenvalue weighted by Crippen LogP contribution is -2.25. The molecule has 0 saturated carbocycles. The van der Waals surface area contributed by atoms with E-state index in [1.54, 1.807) is 0 Å². The standard InChI is InChI=1S/C14H26N4/c1-9(2)18-12(5)14(11(4)16-18)15-13-7-10(3)17(6)8-13/h9-10,13,15H,7-8H2,1-6H3. The first kappa shape index (κ1) is 13.4. The Kier molecular flexibility index (Phi) is 3.66. The minimum absolute atomic E-state index is 0.421. The van der Waals surface area contributed by atoms with Crippen molar-refractivity contribution in [1.29, 1.82) is 0 Å². The first-order valence-corrected chi connectivity index (χ1v) is 6.92. The van der Waals surface area contributed by atoms with Gasteiger partial charge in [0.25, 0.3) is 0 Å². The summed E-state index contributed by atoms with van der Waals surface area (Å²) >= 11 is 0. The average molecular weight is 250 g/mol. The summed E-state index contributed by atoms with van der Waals surface area (Å²) in [4.78, 5) is 2.41. The van der Waals surface area contributed by atoms with Crippen molar-refractivity contribution in [3.8, 4) is 0 Å². The smallest absolute Gasteiger partial charge is 0.0828 e. The number of nitrogens with one attached hydrogen (secondary N) is 1. The fourth-order valence-electron chi connectivity index (χ4n) is 2.88. The van der Waals surface area contributed by atoms with Crippen LogP contribution in [0.25, 0.3) is 0 Å². The predicted octanol–water partition coefficient (Wildman–Crippen LogP) is 2.59. The molecule has 0 spiro atoms. The lowest BCUT2D eigenvalue weighted by molar-refractivity contribution is 0.330. The number of hydrogen-bond acceptors (Lipinski definition) is 3. The summed E-state index contributed by atoms with van der Waals surface area (Å²) in [6.45, 7) is 12.0. The van der Waals surface area contributed by atoms with E-state index < -0.39 is 0 Å². The van der Waals surface area contributed by atoms with E-state index in [1.807, 2.05) is 0 Å². The lowest BCUT2D eigenvalue weighted by Gasteiger charge is -2.15. The van der Waals surface area contributed by atoms with Gasteiger partial charge in [-0.1, -0.05) is 0 Å². The zero-order valence-electron chi connectivity index (χ0n) is 12.5. The molecule has 0 bridgehead atoms. The molecule has 4 heteroatoms. The Bertz CT molecular complexity index is 412. The summed E-state index contributed by atoms with van der Waals surface area (Å²) in [6.07, 6.45) is 1.21. The molecular weight excluding hydrogens is 224 g/mol. The zero-order chi connectivity index (χ0) is 13.4. The second-order valence-electron chi connectivity index (χ2n) is 5.95. The van der Waals surface area contributed by atoms with E-state index in [9.17, 15) is 0 Å². The molecule has 1 N–H and O–H groups in total. The van der Waals surface area contributed by atoms with E-state index in [-0.39, 0.29) is 0 Å². The summed E-state index contributed by atoms with van der Waals surface area (Å²) in [7, 11) is 2.20. The van der Waals surface area contributed by atoms with Crippen LogP contribution in [-0.2, 0) is 0 Å². The van der Waals surface area contributed by atoms with Crippen LogP contribution in [0.5, 0.6) is 0 Å². The molecule has 2 atom stereocenters. The molecule has 2 heterocycles. The highest BCUT2D eigenvalue weighted by molar-refractivity contribution is 5.53. The van der Waals surface area contributed by atoms with Crippen LogP contribution in [0.1, 0.15) is 44.6 Å². The molecule has 1 aliphatic heterocycles. The van der Waals surface area contributed by atoms with Gasteiger partial charge in [0.15, 0.2) is 0 Å². The second-order valence-corrected chi connectivity index (χ2v) is 5.95. The molecule has 0 aromatic carbocycles. The first-order valence-electron chi connectivity index (χ1n) is 6.92. The van der Waals surface area contributed by atoms with Crippen LogP contribution in [0, 0.1) is 13.8 Å². The van der Waals surface area contributed by atoms with E-state index in [2.05, 4.69) is 61.7 Å². The van der Waals surface area contributed by atoms with Crippen molar-refractivity contribution in [2.75, 3.05) is 18.9 Å². The first-order chi connectivity index (χ1) is 8.40. The number of rotatable bonds is 3. The Morgan fingerprint density at radius 2 is 2.00 bits per heavy atom. The van der Waals surface area contributed by atoms with E-state index in [4.69, 9.17) is 0 Å². The molecule has 1 aromatic rings. The Morgan fingerprint density at radius 3 is 2.44 bits per heavy atom. The number of aromatic nitrogens is 2. The third kappa shape index (κ3) is 2.39. The Labute approximate surface area is 110 Å². The van der Waals surface area contributed by atoms with Gasteiger partial charge in [-0.25, -0.2) is 0 Å². The van der Waals surface area contributed by atoms with Crippen LogP contribution in [0.15, 0.2) is 0 Å². The SMILES string of the molecule is Cc1nn(C(C)C)c(C)c1NC1CC(C)N(C)C1. The fourth-order valence-corrected chi connectivity index (χ4v) is 2.88. The highest BCUT2D eigenvalue weighted by Gasteiger charge is 2.27. The van der Waals surface area contributed by atoms with Gasteiger partial charge in [0.2, 0.25) is 0 Å². The lowest BCUT2D eigenvalue weighted by atomic mass is 10.1. The number of likely N-dealkylation sites (tertiary alicyclic amines) is 1. The normalized spacial score (nSPS) is 25.1. The zero-order valence-corrected chi connectivity index (χ0v) is 12.5. The van der Waals surface area contributed by atoms with Crippen LogP contribution in [-0.4, -0.2) is 40.4 Å². The van der Waals surface area contributed by atoms with Crippen LogP contribution in [0.3, 0.4) is 0 Å². The van der Waals surface area contributed by atoms with Gasteiger partial charge < -0.3 is 10.2 Å². The van der Waals surface area contributed by atoms with Crippen molar-refractivity contribution in [3.63, 3.8) is 0 Å². The molecule has 2 rings (SSSR count). The van der Waals surface area contributed by atoms with Gasteiger partial charge in [0.1, 0.15) is 0 Å². The number of aryl methyl sites for hydroxylation is 1. The van der Waals surface area contributed by atoms with E-state index in [0.29, 0.717) is 18.1 Å². The molecule has 1 aromatic heterocycles. The monoisotopic (exact) mass is 250 g/mol. The molecule has 102 valence electrons. The third-order valence-corrected chi connectivity index (χ3v) is 4.05. The Balaban J connectivity index is 2.15. The molecule has 1 saturated heterocycles. The topological polar surface area (TPSA) is 33.1 Å². The van der Waals surface area contributed by atoms with Gasteiger partial charge in [-0.3, -0.25) is 4.68 Å². The molecule has 1 fully saturated rings. The quantitative estimate of drug-likeness (QED) is 0.895. The Morgan fingerprint density at radius 1 is 1.33 bits per heavy atom. The van der Waals surface area contributed by atoms with Crippen LogP contribution in [0.2, 0.25) is 0 Å². The van der Waals surface area contributed by atoms with Crippen LogP contribution in [0.4, 0.5) is 5.69 Å². The molecule has 0 aliphatic carbocycles. The molecule has 1 aliphatic rings. The van der Waals surface area contributed by atoms with Crippen molar-refractivity contribution < 1.29 is 0 Å². The molecule has 4 nitrogen and oxygen atoms in total. The minimum Gasteiger partial charge on any atom is -0.378 e. The van der Waals surface area contributed by atoms with Crippen molar-refractivity contribution in [2.45, 2.75) is 59.2 Å². The van der Waals surface area contributed by atoms with Gasteiger partial charge in [-0.05, 0) is 48.1 Å². The van der Waals surface area contributed by atoms with Gasteiger partial charge in [-0.2, -0.15) is 5.10 Å². The van der Waals surface area contributed by atoms with E-state index >= 15 is 0 Å². The highest BCUT2D eigenvalue weighted by Crippen LogP contribution is 2.26. The number of nitrogens with zero attached hydrogens (tertiary/aromatic N) is 3. The van der Waals surface area contributed by atoms with E-state index in [1.165, 1.54) is 17.8 Å². The molecular formula is C14H26N4. The van der Waals surface area contributed by atoms with Gasteiger partial charge in [-0.15, -0.1) is 0 Å². The van der Waals surface area contributed by atoms with Gasteiger partial charge >= 0.3 is 0 Å². The number of likely N-dealkylation sites (N-methyl/N-ethyl adjacent to an activating group) is 1. The minimum atomic E-state index is 0.421. The summed E-state index contributed by atoms with van der Waals surface area (Å²) in [5.41, 5.74) is 3.60. The number of hydrogen-bond donors (Lipinski definition) is 1. The summed E-state index contributed by atoms with van der Waals surface area (Å²) in [6, 6.07) is 1.64. The summed E-state index contributed by atoms with van der Waals surface area (Å²) in [5.74, 6) is 0. The van der Waals surface area contributed by atoms with Crippen molar-refractivity contribution in [3.05, 3.63) is 11.4 Å². The maximum Gasteiger partial charge on any atom is 0.0828 e. The molecule has 0 amide bonds. The van der Waals surface area contributed by atoms with Crippen molar-refractivity contribution in [2.24, 2.45) is 0 Å². The maximum absolute atomic E-state index is 4.63. The Hall–Kier alpha value is -1.03. The number of anilines is 1. The van der Waals surface area contributed by atoms with Crippen molar-refractivity contribution in [1.82, 2.24) is 14.7 Å². The predicted molar refractivity (Wildman–Crippen MR) is 76.2 cm³/mol. The van der Waals surface area contributed by atoms with Gasteiger partial charge in [0, 0.05) is 24.7 Å². The van der Waals surface area contributed by atoms with E-state index in [0.717, 1.165) is 12.2 Å². The fraction of sp³-hybridized carbons (Fsp3) is 0.786. The summed E-state index contributed by atoms with van der Waals surface area (Å²) in [5, 5.41) is 8.32. The third-order valence-electron chi connectivity index (χ3n) is 4.05. The molecule has 2 unspecified atom stereocenters. The summed E-state index contributed by atoms with van der Waals surface area (Å²) < 4.78 is 2.11. The maximum atomic E-state index is 4.63. The van der Waals surface area contributed by atoms with Gasteiger partial charge in [0.05, 0.1) is 17.1 Å². The highest BCUT2D eigenvalue weighted by atomic mass is 15.3. The largest absolute Gasteiger partial charge is 0.378 e. The van der Waals surface area contributed by atoms with Crippen LogP contribution >= 0.6 is 0 Å².